The molecule has 223 valence electrons. The third kappa shape index (κ3) is 6.77. The molecule has 3 aromatic carbocycles. The number of aliphatic hydroxyl groups excluding tert-OH is 1. The summed E-state index contributed by atoms with van der Waals surface area (Å²) in [7, 11) is 0. The third-order valence-electron chi connectivity index (χ3n) is 7.63. The van der Waals surface area contributed by atoms with E-state index in [4.69, 9.17) is 0 Å². The second-order valence-electron chi connectivity index (χ2n) is 10.1. The molecule has 42 heavy (non-hydrogen) atoms. The molecule has 0 spiro atoms. The maximum atomic E-state index is 15.4. The monoisotopic (exact) mass is 766 g/mol. The number of hydrogen-bond acceptors (Lipinski definition) is 5. The minimum absolute atomic E-state index is 0. The number of carbonyl (C=O) groups is 1. The summed E-state index contributed by atoms with van der Waals surface area (Å²) in [6.07, 6.45) is 4.91. The average Bonchev–Trinajstić information content (AvgIpc) is 3.41. The van der Waals surface area contributed by atoms with Gasteiger partial charge in [0.2, 0.25) is 0 Å². The van der Waals surface area contributed by atoms with Crippen LogP contribution in [0.1, 0.15) is 59.1 Å². The molecule has 0 aliphatic rings. The number of aryl methyl sites for hydroxylation is 1. The molecule has 4 nitrogen and oxygen atoms in total. The van der Waals surface area contributed by atoms with Crippen LogP contribution in [0.4, 0.5) is 8.78 Å². The van der Waals surface area contributed by atoms with Crippen LogP contribution in [-0.2, 0) is 24.9 Å². The van der Waals surface area contributed by atoms with Crippen LogP contribution in [0.25, 0.3) is 42.2 Å². The molecule has 0 atom stereocenters. The zero-order valence-corrected chi connectivity index (χ0v) is 27.6. The van der Waals surface area contributed by atoms with Gasteiger partial charge in [-0.2, -0.15) is 10.2 Å². The maximum Gasteiger partial charge on any atom is 0.162 e. The van der Waals surface area contributed by atoms with Gasteiger partial charge in [0.05, 0.1) is 11.5 Å². The van der Waals surface area contributed by atoms with Crippen molar-refractivity contribution in [3.05, 3.63) is 83.8 Å². The Hall–Kier alpha value is -3.06. The summed E-state index contributed by atoms with van der Waals surface area (Å²) in [5.74, 6) is -0.395. The molecule has 0 fully saturated rings. The van der Waals surface area contributed by atoms with Crippen molar-refractivity contribution in [3.63, 3.8) is 0 Å². The summed E-state index contributed by atoms with van der Waals surface area (Å²) in [5.41, 5.74) is 0.695. The Bertz CT molecular complexity index is 1690. The van der Waals surface area contributed by atoms with E-state index in [9.17, 15) is 9.90 Å². The number of benzene rings is 3. The predicted molar refractivity (Wildman–Crippen MR) is 165 cm³/mol. The van der Waals surface area contributed by atoms with E-state index in [1.54, 1.807) is 31.2 Å². The van der Waals surface area contributed by atoms with Crippen LogP contribution in [0, 0.1) is 36.5 Å². The summed E-state index contributed by atoms with van der Waals surface area (Å²) in [6.45, 7) is 9.72. The average molecular weight is 766 g/mol. The zero-order chi connectivity index (χ0) is 29.7. The summed E-state index contributed by atoms with van der Waals surface area (Å²) in [4.78, 5) is 12.4. The molecule has 0 aliphatic heterocycles. The van der Waals surface area contributed by atoms with Gasteiger partial charge in [-0.25, -0.2) is 20.1 Å². The van der Waals surface area contributed by atoms with E-state index < -0.39 is 11.6 Å². The van der Waals surface area contributed by atoms with Gasteiger partial charge in [0.15, 0.2) is 5.78 Å². The van der Waals surface area contributed by atoms with Gasteiger partial charge in [-0.15, -0.1) is 23.6 Å². The van der Waals surface area contributed by atoms with Crippen LogP contribution in [0.2, 0.25) is 0 Å². The van der Waals surface area contributed by atoms with E-state index in [1.807, 2.05) is 52.0 Å². The van der Waals surface area contributed by atoms with Gasteiger partial charge in [0.1, 0.15) is 11.6 Å². The van der Waals surface area contributed by atoms with Crippen LogP contribution >= 0.6 is 11.3 Å². The van der Waals surface area contributed by atoms with Crippen molar-refractivity contribution in [1.82, 2.24) is 10.2 Å². The molecule has 2 heterocycles. The SMILES string of the molecule is CCC(CC)C(=O)/C=C(\O)C(CC)CC.Cc1nnc(-c2[c-]c3ccccc3s2)c2c(F)c3ccccc3c(F)c12.[Ir]. The topological polar surface area (TPSA) is 63.1 Å². The molecule has 0 aliphatic carbocycles. The van der Waals surface area contributed by atoms with Gasteiger partial charge in [-0.05, 0) is 42.2 Å². The number of thiophene rings is 1. The van der Waals surface area contributed by atoms with Crippen LogP contribution in [-0.4, -0.2) is 21.1 Å². The van der Waals surface area contributed by atoms with Gasteiger partial charge < -0.3 is 5.11 Å². The second kappa shape index (κ2) is 14.9. The number of nitrogens with zero attached hydrogens (tertiary/aromatic N) is 2. The first-order chi connectivity index (χ1) is 19.7. The fraction of sp³-hybridized carbons (Fsp3) is 0.324. The molecule has 5 aromatic rings. The van der Waals surface area contributed by atoms with Crippen LogP contribution in [0.15, 0.2) is 60.4 Å². The number of halogens is 2. The third-order valence-corrected chi connectivity index (χ3v) is 8.71. The zero-order valence-electron chi connectivity index (χ0n) is 24.4. The maximum absolute atomic E-state index is 15.4. The Kier molecular flexibility index (Phi) is 11.9. The molecule has 0 saturated heterocycles. The minimum atomic E-state index is -0.476. The van der Waals surface area contributed by atoms with E-state index >= 15 is 8.78 Å². The van der Waals surface area contributed by atoms with E-state index in [-0.39, 0.29) is 65.0 Å². The second-order valence-corrected chi connectivity index (χ2v) is 11.2. The number of hydrogen-bond donors (Lipinski definition) is 1. The van der Waals surface area contributed by atoms with Crippen molar-refractivity contribution in [2.45, 2.75) is 60.3 Å². The van der Waals surface area contributed by atoms with Crippen molar-refractivity contribution < 1.29 is 38.8 Å². The van der Waals surface area contributed by atoms with Gasteiger partial charge in [0.25, 0.3) is 0 Å². The predicted octanol–water partition coefficient (Wildman–Crippen LogP) is 9.92. The van der Waals surface area contributed by atoms with Crippen molar-refractivity contribution in [3.8, 4) is 10.6 Å². The largest absolute Gasteiger partial charge is 0.512 e. The van der Waals surface area contributed by atoms with Crippen molar-refractivity contribution in [2.75, 3.05) is 0 Å². The first kappa shape index (κ1) is 33.4. The smallest absolute Gasteiger partial charge is 0.162 e. The molecule has 0 saturated carbocycles. The normalized spacial score (nSPS) is 11.7. The van der Waals surface area contributed by atoms with Crippen LogP contribution in [0.3, 0.4) is 0 Å². The summed E-state index contributed by atoms with van der Waals surface area (Å²) >= 11 is 1.44. The molecule has 8 heteroatoms. The molecule has 5 rings (SSSR count). The van der Waals surface area contributed by atoms with Crippen molar-refractivity contribution in [1.29, 1.82) is 0 Å². The number of ketones is 1. The van der Waals surface area contributed by atoms with E-state index in [0.717, 1.165) is 35.8 Å². The number of aromatic nitrogens is 2. The molecule has 2 aromatic heterocycles. The molecular formula is C34H35F2IrN2O2S-. The minimum Gasteiger partial charge on any atom is -0.512 e. The standard InChI is InChI=1S/C21H11F2N2S.C13H24O2.Ir/c1-11-17-18(20(23)14-8-4-3-7-13(14)19(17)22)21(25-24-11)16-10-12-6-2-5-9-15(12)26-16;1-5-10(6-2)12(14)9-13(15)11(7-3)8-4;/h2-9H,1H3;9-11,14H,5-8H2,1-4H3;/q-1;;/b;12-9-;. The number of rotatable bonds is 8. The molecule has 0 unspecified atom stereocenters. The Labute approximate surface area is 263 Å². The number of fused-ring (bicyclic) bond motifs is 3. The van der Waals surface area contributed by atoms with Gasteiger partial charge in [0, 0.05) is 65.3 Å². The van der Waals surface area contributed by atoms with Crippen molar-refractivity contribution in [2.24, 2.45) is 11.8 Å². The van der Waals surface area contributed by atoms with Gasteiger partial charge in [-0.1, -0.05) is 64.1 Å². The Morgan fingerprint density at radius 1 is 0.881 bits per heavy atom. The molecule has 0 amide bonds. The van der Waals surface area contributed by atoms with E-state index in [0.29, 0.717) is 16.3 Å². The number of allylic oxidation sites excluding steroid dienone is 2. The molecule has 1 N–H and O–H groups in total. The van der Waals surface area contributed by atoms with Gasteiger partial charge >= 0.3 is 0 Å². The van der Waals surface area contributed by atoms with Crippen LogP contribution in [0.5, 0.6) is 0 Å². The fourth-order valence-electron chi connectivity index (χ4n) is 5.10. The molecule has 1 radical (unpaired) electrons. The Morgan fingerprint density at radius 3 is 2.00 bits per heavy atom. The first-order valence-corrected chi connectivity index (χ1v) is 14.9. The quantitative estimate of drug-likeness (QED) is 0.0740. The first-order valence-electron chi connectivity index (χ1n) is 14.1. The fourth-order valence-corrected chi connectivity index (χ4v) is 6.10. The van der Waals surface area contributed by atoms with E-state index in [1.165, 1.54) is 17.4 Å². The Morgan fingerprint density at radius 2 is 1.43 bits per heavy atom. The summed E-state index contributed by atoms with van der Waals surface area (Å²) in [6, 6.07) is 17.6. The molecular weight excluding hydrogens is 731 g/mol. The van der Waals surface area contributed by atoms with Crippen molar-refractivity contribution >= 4 is 48.8 Å². The van der Waals surface area contributed by atoms with Crippen LogP contribution < -0.4 is 0 Å². The number of aliphatic hydroxyl groups is 1. The molecule has 0 bridgehead atoms. The number of carbonyl (C=O) groups excluding carboxylic acids is 1. The van der Waals surface area contributed by atoms with Gasteiger partial charge in [-0.3, -0.25) is 4.79 Å². The summed E-state index contributed by atoms with van der Waals surface area (Å²) < 4.78 is 31.6. The van der Waals surface area contributed by atoms with E-state index in [2.05, 4.69) is 16.3 Å². The summed E-state index contributed by atoms with van der Waals surface area (Å²) in [5, 5.41) is 19.8. The Balaban J connectivity index is 0.000000263.